The van der Waals surface area contributed by atoms with Crippen LogP contribution in [0, 0.1) is 17.8 Å². The van der Waals surface area contributed by atoms with Gasteiger partial charge in [-0.1, -0.05) is 45.4 Å². The summed E-state index contributed by atoms with van der Waals surface area (Å²) in [7, 11) is 0. The highest BCUT2D eigenvalue weighted by molar-refractivity contribution is 5.85. The van der Waals surface area contributed by atoms with E-state index in [1.165, 1.54) is 77.0 Å². The minimum atomic E-state index is -0.606. The number of fused-ring (bicyclic) bond motifs is 1. The molecule has 3 fully saturated rings. The maximum absolute atomic E-state index is 11.7. The van der Waals surface area contributed by atoms with Crippen LogP contribution < -0.4 is 11.1 Å². The Morgan fingerprint density at radius 3 is 2.44 bits per heavy atom. The molecule has 2 N–H and O–H groups in total. The van der Waals surface area contributed by atoms with E-state index < -0.39 is 5.76 Å². The first-order valence-corrected chi connectivity index (χ1v) is 14.2. The van der Waals surface area contributed by atoms with Gasteiger partial charge in [0.1, 0.15) is 11.3 Å². The number of aromatic nitrogens is 6. The summed E-state index contributed by atoms with van der Waals surface area (Å²) < 4.78 is 7.70. The lowest BCUT2D eigenvalue weighted by atomic mass is 9.80. The molecule has 0 aliphatic heterocycles. The van der Waals surface area contributed by atoms with Crippen molar-refractivity contribution in [2.45, 2.75) is 109 Å². The van der Waals surface area contributed by atoms with Crippen LogP contribution in [0.3, 0.4) is 0 Å². The topological polar surface area (TPSA) is 115 Å². The molecule has 0 bridgehead atoms. The number of aromatic amines is 1. The molecule has 3 aromatic rings. The van der Waals surface area contributed by atoms with Crippen molar-refractivity contribution in [3.8, 4) is 11.7 Å². The predicted octanol–water partition coefficient (Wildman–Crippen LogP) is 5.64. The van der Waals surface area contributed by atoms with E-state index in [2.05, 4.69) is 33.9 Å². The van der Waals surface area contributed by atoms with Gasteiger partial charge in [-0.15, -0.1) is 5.10 Å². The van der Waals surface area contributed by atoms with Crippen molar-refractivity contribution in [1.82, 2.24) is 29.7 Å². The van der Waals surface area contributed by atoms with E-state index in [4.69, 9.17) is 19.4 Å². The molecule has 9 heteroatoms. The number of H-pyrrole nitrogens is 1. The summed E-state index contributed by atoms with van der Waals surface area (Å²) in [5, 5.41) is 10.1. The molecule has 0 unspecified atom stereocenters. The average molecular weight is 494 g/mol. The fourth-order valence-electron chi connectivity index (χ4n) is 6.48. The van der Waals surface area contributed by atoms with Gasteiger partial charge in [0, 0.05) is 18.5 Å². The van der Waals surface area contributed by atoms with Crippen LogP contribution in [-0.4, -0.2) is 35.8 Å². The number of rotatable bonds is 7. The maximum Gasteiger partial charge on any atom is 0.434 e. The van der Waals surface area contributed by atoms with Gasteiger partial charge >= 0.3 is 5.76 Å². The van der Waals surface area contributed by atoms with Crippen molar-refractivity contribution in [3.05, 3.63) is 16.4 Å². The lowest BCUT2D eigenvalue weighted by Gasteiger charge is -2.32. The molecule has 0 amide bonds. The minimum Gasteiger partial charge on any atom is -0.384 e. The number of anilines is 1. The van der Waals surface area contributed by atoms with Gasteiger partial charge in [0.15, 0.2) is 11.5 Å². The molecule has 6 rings (SSSR count). The SMILES string of the molecule is CC1CCC(Cn2c(C3CCCCC3)nc3nc(-c4n[nH]c(=O)o4)nc(N[C@H](C)C4CCC4)c32)CC1. The summed E-state index contributed by atoms with van der Waals surface area (Å²) in [5.74, 6) is 4.35. The summed E-state index contributed by atoms with van der Waals surface area (Å²) in [5.41, 5.74) is 1.68. The molecule has 3 heterocycles. The lowest BCUT2D eigenvalue weighted by molar-refractivity contribution is 0.262. The second-order valence-electron chi connectivity index (χ2n) is 11.7. The molecule has 1 atom stereocenters. The van der Waals surface area contributed by atoms with Gasteiger partial charge in [-0.3, -0.25) is 0 Å². The molecular formula is C27H39N7O2. The van der Waals surface area contributed by atoms with Crippen LogP contribution in [0.25, 0.3) is 22.9 Å². The third-order valence-corrected chi connectivity index (χ3v) is 9.03. The molecule has 0 spiro atoms. The fourth-order valence-corrected chi connectivity index (χ4v) is 6.48. The Balaban J connectivity index is 1.46. The second-order valence-corrected chi connectivity index (χ2v) is 11.7. The fraction of sp³-hybridized carbons (Fsp3) is 0.741. The first-order chi connectivity index (χ1) is 17.5. The molecule has 0 aromatic carbocycles. The van der Waals surface area contributed by atoms with Crippen LogP contribution in [-0.2, 0) is 6.54 Å². The molecule has 3 aliphatic carbocycles. The quantitative estimate of drug-likeness (QED) is 0.437. The van der Waals surface area contributed by atoms with E-state index in [1.54, 1.807) is 0 Å². The van der Waals surface area contributed by atoms with Crippen molar-refractivity contribution >= 4 is 17.0 Å². The molecule has 3 aromatic heterocycles. The van der Waals surface area contributed by atoms with Gasteiger partial charge in [0.05, 0.1) is 0 Å². The summed E-state index contributed by atoms with van der Waals surface area (Å²) in [4.78, 5) is 26.5. The van der Waals surface area contributed by atoms with Crippen LogP contribution in [0.2, 0.25) is 0 Å². The summed E-state index contributed by atoms with van der Waals surface area (Å²) in [6.07, 6.45) is 15.1. The zero-order valence-corrected chi connectivity index (χ0v) is 21.6. The van der Waals surface area contributed by atoms with Crippen molar-refractivity contribution in [3.63, 3.8) is 0 Å². The minimum absolute atomic E-state index is 0.108. The van der Waals surface area contributed by atoms with Crippen LogP contribution in [0.15, 0.2) is 9.21 Å². The van der Waals surface area contributed by atoms with E-state index in [0.29, 0.717) is 35.3 Å². The van der Waals surface area contributed by atoms with Crippen molar-refractivity contribution in [1.29, 1.82) is 0 Å². The normalized spacial score (nSPS) is 24.6. The highest BCUT2D eigenvalue weighted by Gasteiger charge is 2.30. The maximum atomic E-state index is 11.7. The van der Waals surface area contributed by atoms with E-state index in [9.17, 15) is 4.79 Å². The Kier molecular flexibility index (Phi) is 6.56. The summed E-state index contributed by atoms with van der Waals surface area (Å²) >= 11 is 0. The summed E-state index contributed by atoms with van der Waals surface area (Å²) in [6, 6.07) is 0.299. The van der Waals surface area contributed by atoms with Crippen molar-refractivity contribution in [2.24, 2.45) is 17.8 Å². The highest BCUT2D eigenvalue weighted by Crippen LogP contribution is 2.39. The Morgan fingerprint density at radius 2 is 1.78 bits per heavy atom. The van der Waals surface area contributed by atoms with E-state index >= 15 is 0 Å². The average Bonchev–Trinajstić information content (AvgIpc) is 3.44. The Labute approximate surface area is 211 Å². The number of nitrogens with zero attached hydrogens (tertiary/aromatic N) is 5. The van der Waals surface area contributed by atoms with Crippen molar-refractivity contribution in [2.75, 3.05) is 5.32 Å². The van der Waals surface area contributed by atoms with Crippen LogP contribution in [0.4, 0.5) is 5.82 Å². The largest absolute Gasteiger partial charge is 0.434 e. The monoisotopic (exact) mass is 493 g/mol. The third-order valence-electron chi connectivity index (χ3n) is 9.03. The number of imidazole rings is 1. The third kappa shape index (κ3) is 4.68. The van der Waals surface area contributed by atoms with Gasteiger partial charge in [-0.05, 0) is 63.2 Å². The number of nitrogens with one attached hydrogen (secondary N) is 2. The number of hydrogen-bond donors (Lipinski definition) is 2. The zero-order valence-electron chi connectivity index (χ0n) is 21.6. The first kappa shape index (κ1) is 23.7. The van der Waals surface area contributed by atoms with E-state index in [1.807, 2.05) is 0 Å². The highest BCUT2D eigenvalue weighted by atomic mass is 16.4. The Bertz CT molecular complexity index is 1240. The Hall–Kier alpha value is -2.71. The van der Waals surface area contributed by atoms with Gasteiger partial charge < -0.3 is 14.3 Å². The van der Waals surface area contributed by atoms with Crippen LogP contribution in [0.1, 0.15) is 103 Å². The molecule has 194 valence electrons. The smallest absolute Gasteiger partial charge is 0.384 e. The van der Waals surface area contributed by atoms with Gasteiger partial charge in [-0.2, -0.15) is 0 Å². The standard InChI is InChI=1S/C27H39N7O2/c1-16-11-13-18(14-12-16)15-34-21-22(28-17(2)19-9-6-10-19)29-24(26-32-33-27(35)36-26)30-23(21)31-25(34)20-7-4-3-5-8-20/h16-20H,3-15H2,1-2H3,(H,33,35)(H,28,29,30)/t16?,17-,18?/m1/s1. The van der Waals surface area contributed by atoms with Gasteiger partial charge in [0.25, 0.3) is 5.89 Å². The number of hydrogen-bond acceptors (Lipinski definition) is 7. The van der Waals surface area contributed by atoms with Gasteiger partial charge in [-0.25, -0.2) is 24.8 Å². The zero-order chi connectivity index (χ0) is 24.6. The molecule has 9 nitrogen and oxygen atoms in total. The van der Waals surface area contributed by atoms with Crippen LogP contribution in [0.5, 0.6) is 0 Å². The Morgan fingerprint density at radius 1 is 1.00 bits per heavy atom. The molecule has 36 heavy (non-hydrogen) atoms. The second kappa shape index (κ2) is 9.98. The molecular weight excluding hydrogens is 454 g/mol. The molecule has 3 aliphatic rings. The summed E-state index contributed by atoms with van der Waals surface area (Å²) in [6.45, 7) is 5.60. The lowest BCUT2D eigenvalue weighted by Crippen LogP contribution is -2.31. The van der Waals surface area contributed by atoms with Gasteiger partial charge in [0.2, 0.25) is 5.82 Å². The molecule has 3 saturated carbocycles. The van der Waals surface area contributed by atoms with E-state index in [0.717, 1.165) is 29.6 Å². The predicted molar refractivity (Wildman–Crippen MR) is 139 cm³/mol. The molecule has 0 saturated heterocycles. The van der Waals surface area contributed by atoms with Crippen LogP contribution >= 0.6 is 0 Å². The first-order valence-electron chi connectivity index (χ1n) is 14.2. The van der Waals surface area contributed by atoms with E-state index in [-0.39, 0.29) is 5.89 Å². The molecule has 0 radical (unpaired) electrons. The van der Waals surface area contributed by atoms with Crippen molar-refractivity contribution < 1.29 is 4.42 Å².